The van der Waals surface area contributed by atoms with Gasteiger partial charge in [-0.15, -0.1) is 0 Å². The van der Waals surface area contributed by atoms with Gasteiger partial charge in [-0.05, 0) is 12.1 Å². The lowest BCUT2D eigenvalue weighted by molar-refractivity contribution is -0.139. The molecule has 2 rings (SSSR count). The van der Waals surface area contributed by atoms with Gasteiger partial charge in [0.15, 0.2) is 0 Å². The van der Waals surface area contributed by atoms with Crippen molar-refractivity contribution in [3.8, 4) is 0 Å². The molecule has 2 heterocycles. The highest BCUT2D eigenvalue weighted by Gasteiger charge is 2.16. The lowest BCUT2D eigenvalue weighted by Crippen LogP contribution is -2.04. The summed E-state index contributed by atoms with van der Waals surface area (Å²) >= 11 is 0. The van der Waals surface area contributed by atoms with Crippen LogP contribution in [0.3, 0.4) is 0 Å². The summed E-state index contributed by atoms with van der Waals surface area (Å²) < 4.78 is 1.60. The molecule has 15 heavy (non-hydrogen) atoms. The van der Waals surface area contributed by atoms with Crippen molar-refractivity contribution in [2.24, 2.45) is 0 Å². The second-order valence-electron chi connectivity index (χ2n) is 3.24. The Morgan fingerprint density at radius 1 is 1.53 bits per heavy atom. The molecule has 1 unspecified atom stereocenters. The number of hydrogen-bond donors (Lipinski definition) is 2. The van der Waals surface area contributed by atoms with E-state index in [1.54, 1.807) is 16.8 Å². The fourth-order valence-electron chi connectivity index (χ4n) is 1.49. The first-order chi connectivity index (χ1) is 7.18. The Morgan fingerprint density at radius 3 is 3.07 bits per heavy atom. The number of aromatic nitrogens is 2. The number of carbonyl (C=O) groups is 1. The maximum Gasteiger partial charge on any atom is 0.306 e. The Hall–Kier alpha value is -1.88. The van der Waals surface area contributed by atoms with Crippen LogP contribution in [0.1, 0.15) is 18.1 Å². The molecule has 0 radical (unpaired) electrons. The number of rotatable bonds is 3. The molecule has 0 amide bonds. The van der Waals surface area contributed by atoms with E-state index in [2.05, 4.69) is 5.10 Å². The van der Waals surface area contributed by atoms with Gasteiger partial charge >= 0.3 is 5.97 Å². The third kappa shape index (κ3) is 1.82. The molecule has 0 aromatic carbocycles. The minimum atomic E-state index is -1.03. The molecule has 0 aliphatic heterocycles. The lowest BCUT2D eigenvalue weighted by atomic mass is 10.1. The van der Waals surface area contributed by atoms with E-state index in [-0.39, 0.29) is 6.42 Å². The van der Waals surface area contributed by atoms with Crippen LogP contribution in [0.5, 0.6) is 0 Å². The van der Waals surface area contributed by atoms with Crippen LogP contribution in [-0.4, -0.2) is 25.8 Å². The van der Waals surface area contributed by atoms with Gasteiger partial charge in [-0.25, -0.2) is 4.52 Å². The van der Waals surface area contributed by atoms with E-state index < -0.39 is 12.1 Å². The highest BCUT2D eigenvalue weighted by Crippen LogP contribution is 2.21. The number of pyridine rings is 1. The monoisotopic (exact) mass is 206 g/mol. The summed E-state index contributed by atoms with van der Waals surface area (Å²) in [5.41, 5.74) is 1.27. The third-order valence-electron chi connectivity index (χ3n) is 2.18. The Balaban J connectivity index is 2.39. The van der Waals surface area contributed by atoms with Crippen LogP contribution in [0.2, 0.25) is 0 Å². The molecule has 0 saturated carbocycles. The Bertz CT molecular complexity index is 492. The van der Waals surface area contributed by atoms with Crippen molar-refractivity contribution < 1.29 is 15.0 Å². The first-order valence-corrected chi connectivity index (χ1v) is 4.50. The number of aliphatic hydroxyl groups excluding tert-OH is 1. The minimum absolute atomic E-state index is 0.309. The quantitative estimate of drug-likeness (QED) is 0.780. The van der Waals surface area contributed by atoms with Crippen LogP contribution in [0.4, 0.5) is 0 Å². The van der Waals surface area contributed by atoms with Crippen LogP contribution in [0.15, 0.2) is 30.6 Å². The van der Waals surface area contributed by atoms with E-state index >= 15 is 0 Å². The van der Waals surface area contributed by atoms with Crippen LogP contribution < -0.4 is 0 Å². The molecule has 1 atom stereocenters. The zero-order valence-corrected chi connectivity index (χ0v) is 7.87. The summed E-state index contributed by atoms with van der Waals surface area (Å²) in [6.07, 6.45) is 1.91. The molecule has 2 N–H and O–H groups in total. The number of hydrogen-bond acceptors (Lipinski definition) is 3. The van der Waals surface area contributed by atoms with E-state index in [4.69, 9.17) is 5.11 Å². The van der Waals surface area contributed by atoms with Crippen molar-refractivity contribution in [3.05, 3.63) is 36.2 Å². The molecule has 78 valence electrons. The predicted molar refractivity (Wildman–Crippen MR) is 52.4 cm³/mol. The maximum atomic E-state index is 10.5. The van der Waals surface area contributed by atoms with E-state index in [1.165, 1.54) is 6.20 Å². The summed E-state index contributed by atoms with van der Waals surface area (Å²) in [6, 6.07) is 5.41. The average molecular weight is 206 g/mol. The number of aliphatic hydroxyl groups is 1. The lowest BCUT2D eigenvalue weighted by Gasteiger charge is -2.05. The van der Waals surface area contributed by atoms with Crippen LogP contribution in [0, 0.1) is 0 Å². The summed E-state index contributed by atoms with van der Waals surface area (Å²) in [7, 11) is 0. The van der Waals surface area contributed by atoms with Crippen molar-refractivity contribution in [2.75, 3.05) is 0 Å². The number of carboxylic acid groups (broad SMARTS) is 1. The van der Waals surface area contributed by atoms with E-state index in [0.29, 0.717) is 5.56 Å². The van der Waals surface area contributed by atoms with Gasteiger partial charge in [0.2, 0.25) is 0 Å². The van der Waals surface area contributed by atoms with Crippen LogP contribution in [0.25, 0.3) is 5.52 Å². The van der Waals surface area contributed by atoms with E-state index in [1.807, 2.05) is 12.1 Å². The third-order valence-corrected chi connectivity index (χ3v) is 2.18. The average Bonchev–Trinajstić information content (AvgIpc) is 2.59. The zero-order valence-electron chi connectivity index (χ0n) is 7.87. The SMILES string of the molecule is O=C(O)CC(O)c1cnn2ccccc12. The highest BCUT2D eigenvalue weighted by atomic mass is 16.4. The smallest absolute Gasteiger partial charge is 0.306 e. The molecular formula is C10H10N2O3. The van der Waals surface area contributed by atoms with Gasteiger partial charge in [-0.1, -0.05) is 6.07 Å². The molecule has 2 aromatic heterocycles. The van der Waals surface area contributed by atoms with E-state index in [9.17, 15) is 9.90 Å². The standard InChI is InChI=1S/C10H10N2O3/c13-9(5-10(14)15)7-6-11-12-4-2-1-3-8(7)12/h1-4,6,9,13H,5H2,(H,14,15). The first kappa shape index (κ1) is 9.67. The molecule has 2 aromatic rings. The molecule has 0 bridgehead atoms. The summed E-state index contributed by atoms with van der Waals surface area (Å²) in [6.45, 7) is 0. The Morgan fingerprint density at radius 2 is 2.33 bits per heavy atom. The second kappa shape index (κ2) is 3.70. The van der Waals surface area contributed by atoms with Gasteiger partial charge in [-0.3, -0.25) is 4.79 Å². The largest absolute Gasteiger partial charge is 0.481 e. The van der Waals surface area contributed by atoms with Gasteiger partial charge in [0, 0.05) is 11.8 Å². The molecule has 5 heteroatoms. The molecule has 0 fully saturated rings. The molecule has 0 saturated heterocycles. The fraction of sp³-hybridized carbons (Fsp3) is 0.200. The van der Waals surface area contributed by atoms with Crippen molar-refractivity contribution in [1.82, 2.24) is 9.61 Å². The van der Waals surface area contributed by atoms with Gasteiger partial charge in [0.1, 0.15) is 0 Å². The summed E-state index contributed by atoms with van der Waals surface area (Å²) in [5, 5.41) is 22.2. The topological polar surface area (TPSA) is 74.8 Å². The molecular weight excluding hydrogens is 196 g/mol. The Kier molecular flexibility index (Phi) is 2.39. The summed E-state index contributed by atoms with van der Waals surface area (Å²) in [5.74, 6) is -1.03. The van der Waals surface area contributed by atoms with Crippen molar-refractivity contribution in [2.45, 2.75) is 12.5 Å². The first-order valence-electron chi connectivity index (χ1n) is 4.50. The number of fused-ring (bicyclic) bond motifs is 1. The number of aliphatic carboxylic acids is 1. The minimum Gasteiger partial charge on any atom is -0.481 e. The Labute approximate surface area is 85.6 Å². The molecule has 5 nitrogen and oxygen atoms in total. The predicted octanol–water partition coefficient (Wildman–Crippen LogP) is 0.842. The van der Waals surface area contributed by atoms with Gasteiger partial charge in [0.05, 0.1) is 24.2 Å². The summed E-state index contributed by atoms with van der Waals surface area (Å²) in [4.78, 5) is 10.5. The molecule has 0 spiro atoms. The number of carboxylic acids is 1. The van der Waals surface area contributed by atoms with Crippen LogP contribution >= 0.6 is 0 Å². The maximum absolute atomic E-state index is 10.5. The van der Waals surface area contributed by atoms with Crippen molar-refractivity contribution in [1.29, 1.82) is 0 Å². The van der Waals surface area contributed by atoms with Crippen molar-refractivity contribution >= 4 is 11.5 Å². The normalized spacial score (nSPS) is 12.9. The van der Waals surface area contributed by atoms with Gasteiger partial charge in [0.25, 0.3) is 0 Å². The zero-order chi connectivity index (χ0) is 10.8. The van der Waals surface area contributed by atoms with E-state index in [0.717, 1.165) is 5.52 Å². The van der Waals surface area contributed by atoms with Gasteiger partial charge < -0.3 is 10.2 Å². The fourth-order valence-corrected chi connectivity index (χ4v) is 1.49. The highest BCUT2D eigenvalue weighted by molar-refractivity contribution is 5.68. The molecule has 0 aliphatic carbocycles. The van der Waals surface area contributed by atoms with Crippen molar-refractivity contribution in [3.63, 3.8) is 0 Å². The number of nitrogens with zero attached hydrogens (tertiary/aromatic N) is 2. The second-order valence-corrected chi connectivity index (χ2v) is 3.24. The molecule has 0 aliphatic rings. The van der Waals surface area contributed by atoms with Gasteiger partial charge in [-0.2, -0.15) is 5.10 Å². The van der Waals surface area contributed by atoms with Crippen LogP contribution in [-0.2, 0) is 4.79 Å².